The number of hydrogen-bond acceptors (Lipinski definition) is 4. The van der Waals surface area contributed by atoms with E-state index in [1.165, 1.54) is 12.8 Å². The van der Waals surface area contributed by atoms with Gasteiger partial charge in [0.25, 0.3) is 0 Å². The van der Waals surface area contributed by atoms with Crippen molar-refractivity contribution in [3.8, 4) is 0 Å². The van der Waals surface area contributed by atoms with E-state index in [2.05, 4.69) is 15.1 Å². The highest BCUT2D eigenvalue weighted by atomic mass is 16.3. The Labute approximate surface area is 120 Å². The lowest BCUT2D eigenvalue weighted by atomic mass is 9.82. The average Bonchev–Trinajstić information content (AvgIpc) is 3.10. The topological polar surface area (TPSA) is 55.8 Å². The van der Waals surface area contributed by atoms with Crippen LogP contribution in [0, 0.1) is 11.8 Å². The monoisotopic (exact) mass is 279 g/mol. The van der Waals surface area contributed by atoms with Crippen LogP contribution in [0.1, 0.15) is 25.7 Å². The molecule has 5 nitrogen and oxygen atoms in total. The Hall–Kier alpha value is -0.650. The fourth-order valence-electron chi connectivity index (χ4n) is 5.09. The Morgan fingerprint density at radius 3 is 2.50 bits per heavy atom. The van der Waals surface area contributed by atoms with Crippen LogP contribution in [-0.4, -0.2) is 71.7 Å². The van der Waals surface area contributed by atoms with Crippen molar-refractivity contribution in [2.75, 3.05) is 32.7 Å². The van der Waals surface area contributed by atoms with Crippen LogP contribution in [0.5, 0.6) is 0 Å². The van der Waals surface area contributed by atoms with Gasteiger partial charge in [-0.1, -0.05) is 0 Å². The lowest BCUT2D eigenvalue weighted by Crippen LogP contribution is -2.48. The second-order valence-electron chi connectivity index (χ2n) is 7.03. The Morgan fingerprint density at radius 1 is 1.15 bits per heavy atom. The van der Waals surface area contributed by atoms with Crippen molar-refractivity contribution < 1.29 is 9.90 Å². The summed E-state index contributed by atoms with van der Waals surface area (Å²) in [6, 6.07) is 0.976. The Kier molecular flexibility index (Phi) is 3.24. The third kappa shape index (κ3) is 1.98. The van der Waals surface area contributed by atoms with Crippen LogP contribution in [0.3, 0.4) is 0 Å². The molecule has 2 bridgehead atoms. The maximum absolute atomic E-state index is 12.7. The fraction of sp³-hybridized carbons (Fsp3) is 0.933. The number of carbonyl (C=O) groups excluding carboxylic acids is 1. The van der Waals surface area contributed by atoms with Gasteiger partial charge in [0.1, 0.15) is 0 Å². The smallest absolute Gasteiger partial charge is 0.237 e. The molecule has 0 aromatic rings. The number of hydrogen-bond donors (Lipinski definition) is 2. The van der Waals surface area contributed by atoms with Crippen molar-refractivity contribution >= 4 is 5.91 Å². The van der Waals surface area contributed by atoms with Gasteiger partial charge in [-0.2, -0.15) is 0 Å². The number of aliphatic hydroxyl groups excluding tert-OH is 1. The molecule has 5 atom stereocenters. The van der Waals surface area contributed by atoms with Crippen LogP contribution >= 0.6 is 0 Å². The summed E-state index contributed by atoms with van der Waals surface area (Å²) >= 11 is 0. The van der Waals surface area contributed by atoms with Crippen molar-refractivity contribution in [2.45, 2.75) is 43.9 Å². The van der Waals surface area contributed by atoms with Crippen molar-refractivity contribution in [1.29, 1.82) is 0 Å². The van der Waals surface area contributed by atoms with E-state index < -0.39 is 0 Å². The zero-order valence-corrected chi connectivity index (χ0v) is 12.0. The highest BCUT2D eigenvalue weighted by Gasteiger charge is 2.56. The molecule has 4 aliphatic rings. The minimum atomic E-state index is -0.240. The van der Waals surface area contributed by atoms with E-state index in [0.717, 1.165) is 32.5 Å². The van der Waals surface area contributed by atoms with E-state index in [4.69, 9.17) is 0 Å². The van der Waals surface area contributed by atoms with E-state index in [-0.39, 0.29) is 6.10 Å². The molecule has 112 valence electrons. The molecular weight excluding hydrogens is 254 g/mol. The maximum Gasteiger partial charge on any atom is 0.237 e. The molecule has 0 aromatic heterocycles. The lowest BCUT2D eigenvalue weighted by Gasteiger charge is -2.32. The molecule has 1 unspecified atom stereocenters. The van der Waals surface area contributed by atoms with Gasteiger partial charge in [-0.25, -0.2) is 0 Å². The van der Waals surface area contributed by atoms with Gasteiger partial charge in [-0.15, -0.1) is 0 Å². The first kappa shape index (κ1) is 13.0. The van der Waals surface area contributed by atoms with Gasteiger partial charge in [0.2, 0.25) is 5.91 Å². The highest BCUT2D eigenvalue weighted by Crippen LogP contribution is 2.47. The first-order valence-electron chi connectivity index (χ1n) is 8.16. The highest BCUT2D eigenvalue weighted by molar-refractivity contribution is 5.80. The van der Waals surface area contributed by atoms with Gasteiger partial charge in [0, 0.05) is 31.7 Å². The van der Waals surface area contributed by atoms with E-state index >= 15 is 0 Å². The van der Waals surface area contributed by atoms with Gasteiger partial charge >= 0.3 is 0 Å². The molecule has 20 heavy (non-hydrogen) atoms. The van der Waals surface area contributed by atoms with E-state index in [1.807, 2.05) is 0 Å². The quantitative estimate of drug-likeness (QED) is 0.726. The number of carbonyl (C=O) groups is 1. The zero-order valence-electron chi connectivity index (χ0n) is 12.0. The van der Waals surface area contributed by atoms with E-state index in [1.54, 1.807) is 0 Å². The number of rotatable bonds is 2. The second kappa shape index (κ2) is 4.97. The zero-order chi connectivity index (χ0) is 13.7. The molecule has 0 spiro atoms. The summed E-state index contributed by atoms with van der Waals surface area (Å²) in [5, 5.41) is 13.2. The van der Waals surface area contributed by atoms with Crippen LogP contribution in [0.4, 0.5) is 0 Å². The van der Waals surface area contributed by atoms with Crippen LogP contribution in [-0.2, 0) is 4.79 Å². The Balaban J connectivity index is 1.42. The van der Waals surface area contributed by atoms with Gasteiger partial charge < -0.3 is 15.3 Å². The third-order valence-corrected chi connectivity index (χ3v) is 5.90. The Bertz CT molecular complexity index is 385. The first-order valence-corrected chi connectivity index (χ1v) is 8.16. The lowest BCUT2D eigenvalue weighted by molar-refractivity contribution is -0.134. The minimum Gasteiger partial charge on any atom is -0.392 e. The number of piperidine rings is 1. The second-order valence-corrected chi connectivity index (χ2v) is 7.03. The molecule has 4 aliphatic heterocycles. The molecule has 4 saturated heterocycles. The number of aliphatic hydroxyl groups is 1. The molecule has 0 saturated carbocycles. The van der Waals surface area contributed by atoms with Gasteiger partial charge in [0.05, 0.1) is 12.6 Å². The average molecular weight is 279 g/mol. The summed E-state index contributed by atoms with van der Waals surface area (Å²) in [4.78, 5) is 17.1. The maximum atomic E-state index is 12.7. The van der Waals surface area contributed by atoms with Crippen molar-refractivity contribution in [2.24, 2.45) is 11.8 Å². The Morgan fingerprint density at radius 2 is 1.85 bits per heavy atom. The number of fused-ring (bicyclic) bond motifs is 5. The van der Waals surface area contributed by atoms with Gasteiger partial charge in [0.15, 0.2) is 0 Å². The van der Waals surface area contributed by atoms with Crippen molar-refractivity contribution in [1.82, 2.24) is 15.1 Å². The third-order valence-electron chi connectivity index (χ3n) is 5.90. The summed E-state index contributed by atoms with van der Waals surface area (Å²) in [6.07, 6.45) is 4.05. The summed E-state index contributed by atoms with van der Waals surface area (Å²) in [6.45, 7) is 4.33. The predicted octanol–water partition coefficient (Wildman–Crippen LogP) is -0.348. The first-order chi connectivity index (χ1) is 9.74. The molecule has 0 aromatic carbocycles. The molecule has 2 N–H and O–H groups in total. The molecule has 4 heterocycles. The molecule has 4 fully saturated rings. The number of amides is 1. The van der Waals surface area contributed by atoms with Crippen LogP contribution < -0.4 is 5.32 Å². The molecule has 1 amide bonds. The number of β-amino-alcohol motifs (C(OH)–C–C–N with tert-alkyl or cyclic N) is 1. The summed E-state index contributed by atoms with van der Waals surface area (Å²) < 4.78 is 0. The number of nitrogens with zero attached hydrogens (tertiary/aromatic N) is 2. The molecule has 0 aliphatic carbocycles. The standard InChI is InChI=1S/C15H25N3O2/c19-10-2-1-5-17(8-10)9-15(20)18-13-3-4-14(18)12-7-16-6-11(12)13/h10-14,16,19H,1-9H2/t10?,11-,12+,13-,14+. The fourth-order valence-corrected chi connectivity index (χ4v) is 5.09. The predicted molar refractivity (Wildman–Crippen MR) is 75.2 cm³/mol. The summed E-state index contributed by atoms with van der Waals surface area (Å²) in [5.41, 5.74) is 0. The van der Waals surface area contributed by atoms with Crippen molar-refractivity contribution in [3.05, 3.63) is 0 Å². The number of likely N-dealkylation sites (tertiary alicyclic amines) is 1. The summed E-state index contributed by atoms with van der Waals surface area (Å²) in [7, 11) is 0. The number of nitrogens with one attached hydrogen (secondary N) is 1. The van der Waals surface area contributed by atoms with E-state index in [0.29, 0.717) is 42.9 Å². The van der Waals surface area contributed by atoms with Gasteiger partial charge in [-0.3, -0.25) is 9.69 Å². The summed E-state index contributed by atoms with van der Waals surface area (Å²) in [5.74, 6) is 1.70. The van der Waals surface area contributed by atoms with Gasteiger partial charge in [-0.05, 0) is 44.1 Å². The van der Waals surface area contributed by atoms with Crippen LogP contribution in [0.25, 0.3) is 0 Å². The van der Waals surface area contributed by atoms with Crippen LogP contribution in [0.2, 0.25) is 0 Å². The minimum absolute atomic E-state index is 0.240. The van der Waals surface area contributed by atoms with Crippen LogP contribution in [0.15, 0.2) is 0 Å². The van der Waals surface area contributed by atoms with Crippen molar-refractivity contribution in [3.63, 3.8) is 0 Å². The molecular formula is C15H25N3O2. The molecule has 0 radical (unpaired) electrons. The SMILES string of the molecule is O=C(CN1CCCC(O)C1)N1[C@@H]2CC[C@H]1[C@H]1CNC[C@H]12. The normalized spacial score (nSPS) is 44.0. The molecule has 4 rings (SSSR count). The van der Waals surface area contributed by atoms with E-state index in [9.17, 15) is 9.90 Å². The largest absolute Gasteiger partial charge is 0.392 e. The molecule has 5 heteroatoms.